The zero-order valence-corrected chi connectivity index (χ0v) is 10.9. The second kappa shape index (κ2) is 4.79. The molecule has 0 bridgehead atoms. The molecular formula is C16H20O. The smallest absolute Gasteiger partial charge is 0.135 e. The fourth-order valence-corrected chi connectivity index (χ4v) is 1.92. The van der Waals surface area contributed by atoms with Gasteiger partial charge in [0.2, 0.25) is 0 Å². The third-order valence-corrected chi connectivity index (χ3v) is 3.54. The van der Waals surface area contributed by atoms with E-state index in [0.717, 1.165) is 22.6 Å². The minimum absolute atomic E-state index is 0.683. The molecule has 0 N–H and O–H groups in total. The van der Waals surface area contributed by atoms with E-state index in [1.807, 2.05) is 18.2 Å². The Morgan fingerprint density at radius 2 is 1.94 bits per heavy atom. The highest BCUT2D eigenvalue weighted by atomic mass is 16.3. The van der Waals surface area contributed by atoms with Crippen LogP contribution in [0.1, 0.15) is 27.2 Å². The molecule has 2 rings (SSSR count). The van der Waals surface area contributed by atoms with E-state index >= 15 is 0 Å². The summed E-state index contributed by atoms with van der Waals surface area (Å²) in [4.78, 5) is 0. The van der Waals surface area contributed by atoms with Crippen LogP contribution in [0.4, 0.5) is 0 Å². The van der Waals surface area contributed by atoms with Gasteiger partial charge in [-0.3, -0.25) is 0 Å². The van der Waals surface area contributed by atoms with Crippen LogP contribution in [0.25, 0.3) is 23.6 Å². The summed E-state index contributed by atoms with van der Waals surface area (Å²) in [6, 6.07) is 8.12. The fraction of sp³-hybridized carbons (Fsp3) is 0.375. The fourth-order valence-electron chi connectivity index (χ4n) is 1.92. The van der Waals surface area contributed by atoms with Crippen molar-refractivity contribution in [1.29, 1.82) is 0 Å². The largest absolute Gasteiger partial charge is 0.457 e. The lowest BCUT2D eigenvalue weighted by Crippen LogP contribution is -2.18. The van der Waals surface area contributed by atoms with Gasteiger partial charge in [0.15, 0.2) is 0 Å². The van der Waals surface area contributed by atoms with Gasteiger partial charge in [0, 0.05) is 10.6 Å². The highest BCUT2D eigenvalue weighted by Crippen LogP contribution is 2.14. The van der Waals surface area contributed by atoms with Crippen LogP contribution < -0.4 is 10.6 Å². The first-order valence-corrected chi connectivity index (χ1v) is 6.26. The number of hydrogen-bond acceptors (Lipinski definition) is 1. The monoisotopic (exact) mass is 228 g/mol. The maximum Gasteiger partial charge on any atom is 0.135 e. The van der Waals surface area contributed by atoms with Crippen molar-refractivity contribution >= 4 is 23.6 Å². The van der Waals surface area contributed by atoms with Gasteiger partial charge in [0.1, 0.15) is 11.0 Å². The molecule has 0 spiro atoms. The molecule has 0 unspecified atom stereocenters. The first kappa shape index (κ1) is 12.0. The Morgan fingerprint density at radius 3 is 2.65 bits per heavy atom. The predicted molar refractivity (Wildman–Crippen MR) is 74.1 cm³/mol. The minimum atomic E-state index is 0.683. The number of fused-ring (bicyclic) bond motifs is 1. The lowest BCUT2D eigenvalue weighted by molar-refractivity contribution is 0.431. The highest BCUT2D eigenvalue weighted by Gasteiger charge is 2.06. The lowest BCUT2D eigenvalue weighted by Gasteiger charge is -2.11. The molecule has 1 nitrogen and oxygen atoms in total. The average molecular weight is 228 g/mol. The maximum atomic E-state index is 5.65. The molecule has 0 aliphatic heterocycles. The van der Waals surface area contributed by atoms with Gasteiger partial charge in [-0.2, -0.15) is 0 Å². The van der Waals surface area contributed by atoms with Crippen LogP contribution in [0.3, 0.4) is 0 Å². The molecule has 0 amide bonds. The number of furan rings is 1. The van der Waals surface area contributed by atoms with Gasteiger partial charge in [-0.25, -0.2) is 0 Å². The summed E-state index contributed by atoms with van der Waals surface area (Å²) in [5.74, 6) is 1.39. The van der Waals surface area contributed by atoms with Crippen molar-refractivity contribution in [2.24, 2.45) is 11.8 Å². The summed E-state index contributed by atoms with van der Waals surface area (Å²) < 4.78 is 5.65. The molecule has 17 heavy (non-hydrogen) atoms. The molecule has 0 saturated heterocycles. The zero-order valence-electron chi connectivity index (χ0n) is 10.9. The molecule has 1 heterocycles. The van der Waals surface area contributed by atoms with Crippen molar-refractivity contribution in [3.05, 3.63) is 34.9 Å². The Kier molecular flexibility index (Phi) is 3.37. The third kappa shape index (κ3) is 2.44. The molecule has 1 heteroatoms. The van der Waals surface area contributed by atoms with Crippen molar-refractivity contribution in [2.75, 3.05) is 0 Å². The average Bonchev–Trinajstić information content (AvgIpc) is 2.61. The van der Waals surface area contributed by atoms with E-state index in [1.165, 1.54) is 5.39 Å². The van der Waals surface area contributed by atoms with Crippen molar-refractivity contribution in [1.82, 2.24) is 0 Å². The summed E-state index contributed by atoms with van der Waals surface area (Å²) in [6.45, 7) is 10.8. The van der Waals surface area contributed by atoms with E-state index < -0.39 is 0 Å². The SMILES string of the molecule is C=c1oc2ccccc2/c1=C/C[C@@H](C)C(C)C. The minimum Gasteiger partial charge on any atom is -0.457 e. The van der Waals surface area contributed by atoms with Crippen LogP contribution in [-0.4, -0.2) is 0 Å². The van der Waals surface area contributed by atoms with Crippen LogP contribution >= 0.6 is 0 Å². The van der Waals surface area contributed by atoms with Gasteiger partial charge in [-0.05, 0) is 24.3 Å². The number of rotatable bonds is 3. The van der Waals surface area contributed by atoms with E-state index in [0.29, 0.717) is 11.8 Å². The van der Waals surface area contributed by atoms with Gasteiger partial charge >= 0.3 is 0 Å². The Bertz CT molecular complexity index is 604. The quantitative estimate of drug-likeness (QED) is 0.785. The van der Waals surface area contributed by atoms with Gasteiger partial charge in [-0.1, -0.05) is 51.6 Å². The summed E-state index contributed by atoms with van der Waals surface area (Å²) in [7, 11) is 0. The van der Waals surface area contributed by atoms with E-state index in [1.54, 1.807) is 0 Å². The molecule has 2 aromatic rings. The van der Waals surface area contributed by atoms with Crippen LogP contribution in [0, 0.1) is 11.8 Å². The van der Waals surface area contributed by atoms with Crippen LogP contribution in [0.5, 0.6) is 0 Å². The summed E-state index contributed by atoms with van der Waals surface area (Å²) >= 11 is 0. The standard InChI is InChI=1S/C16H20O/c1-11(2)12(3)9-10-14-13(4)17-16-8-6-5-7-15(14)16/h5-8,10-12H,4,9H2,1-3H3/b14-10+/t12-/m1/s1. The van der Waals surface area contributed by atoms with Gasteiger partial charge in [0.25, 0.3) is 0 Å². The third-order valence-electron chi connectivity index (χ3n) is 3.54. The van der Waals surface area contributed by atoms with Crippen LogP contribution in [0.15, 0.2) is 28.7 Å². The first-order valence-electron chi connectivity index (χ1n) is 6.26. The zero-order chi connectivity index (χ0) is 12.4. The maximum absolute atomic E-state index is 5.65. The molecule has 1 atom stereocenters. The van der Waals surface area contributed by atoms with E-state index in [2.05, 4.69) is 39.5 Å². The van der Waals surface area contributed by atoms with E-state index in [4.69, 9.17) is 4.42 Å². The molecule has 1 aromatic heterocycles. The van der Waals surface area contributed by atoms with Crippen molar-refractivity contribution in [3.8, 4) is 0 Å². The number of hydrogen-bond donors (Lipinski definition) is 0. The second-order valence-corrected chi connectivity index (χ2v) is 5.10. The highest BCUT2D eigenvalue weighted by molar-refractivity contribution is 5.78. The van der Waals surface area contributed by atoms with Gasteiger partial charge in [-0.15, -0.1) is 0 Å². The summed E-state index contributed by atoms with van der Waals surface area (Å²) in [5.41, 5.74) is 1.71. The summed E-state index contributed by atoms with van der Waals surface area (Å²) in [6.07, 6.45) is 3.34. The van der Waals surface area contributed by atoms with Crippen molar-refractivity contribution < 1.29 is 4.42 Å². The van der Waals surface area contributed by atoms with Gasteiger partial charge in [0.05, 0.1) is 0 Å². The summed E-state index contributed by atoms with van der Waals surface area (Å²) in [5, 5.41) is 2.33. The predicted octanol–water partition coefficient (Wildman–Crippen LogP) is 3.31. The Balaban J connectivity index is 2.44. The molecule has 0 radical (unpaired) electrons. The molecule has 0 saturated carbocycles. The normalized spacial score (nSPS) is 14.7. The van der Waals surface area contributed by atoms with E-state index in [-0.39, 0.29) is 0 Å². The molecular weight excluding hydrogens is 208 g/mol. The Labute approximate surface area is 102 Å². The topological polar surface area (TPSA) is 13.1 Å². The van der Waals surface area contributed by atoms with Crippen molar-refractivity contribution in [2.45, 2.75) is 27.2 Å². The molecule has 0 fully saturated rings. The lowest BCUT2D eigenvalue weighted by atomic mass is 9.94. The number of benzene rings is 1. The van der Waals surface area contributed by atoms with Crippen LogP contribution in [0.2, 0.25) is 0 Å². The Morgan fingerprint density at radius 1 is 1.24 bits per heavy atom. The molecule has 90 valence electrons. The van der Waals surface area contributed by atoms with Gasteiger partial charge < -0.3 is 4.42 Å². The second-order valence-electron chi connectivity index (χ2n) is 5.10. The Hall–Kier alpha value is -1.50. The first-order chi connectivity index (χ1) is 8.09. The molecule has 1 aromatic carbocycles. The molecule has 0 aliphatic rings. The molecule has 0 aliphatic carbocycles. The van der Waals surface area contributed by atoms with E-state index in [9.17, 15) is 0 Å². The number of para-hydroxylation sites is 1. The van der Waals surface area contributed by atoms with Crippen molar-refractivity contribution in [3.63, 3.8) is 0 Å². The van der Waals surface area contributed by atoms with Crippen LogP contribution in [-0.2, 0) is 0 Å².